The lowest BCUT2D eigenvalue weighted by Gasteiger charge is -2.29. The molecular formula is C13H17NO3S. The van der Waals surface area contributed by atoms with Crippen molar-refractivity contribution in [2.24, 2.45) is 0 Å². The van der Waals surface area contributed by atoms with Gasteiger partial charge in [-0.15, -0.1) is 11.8 Å². The van der Waals surface area contributed by atoms with Crippen molar-refractivity contribution >= 4 is 17.7 Å². The Hall–Kier alpha value is -1.20. The van der Waals surface area contributed by atoms with Crippen LogP contribution < -0.4 is 0 Å². The van der Waals surface area contributed by atoms with Gasteiger partial charge in [0.2, 0.25) is 5.91 Å². The first kappa shape index (κ1) is 13.2. The largest absolute Gasteiger partial charge is 0.508 e. The van der Waals surface area contributed by atoms with E-state index in [1.54, 1.807) is 12.1 Å². The second-order valence-electron chi connectivity index (χ2n) is 4.19. The summed E-state index contributed by atoms with van der Waals surface area (Å²) in [4.78, 5) is 15.0. The molecule has 1 heterocycles. The van der Waals surface area contributed by atoms with Gasteiger partial charge >= 0.3 is 0 Å². The third kappa shape index (κ3) is 3.40. The summed E-state index contributed by atoms with van der Waals surface area (Å²) in [6.07, 6.45) is 0. The molecule has 1 aliphatic heterocycles. The fourth-order valence-electron chi connectivity index (χ4n) is 1.82. The number of benzene rings is 1. The number of carbonyl (C=O) groups excluding carboxylic acids is 1. The molecule has 1 fully saturated rings. The quantitative estimate of drug-likeness (QED) is 0.847. The summed E-state index contributed by atoms with van der Waals surface area (Å²) < 4.78 is 5.23. The normalized spacial score (nSPS) is 17.5. The van der Waals surface area contributed by atoms with Crippen LogP contribution in [0.15, 0.2) is 29.2 Å². The molecule has 98 valence electrons. The van der Waals surface area contributed by atoms with Crippen LogP contribution in [0.3, 0.4) is 0 Å². The van der Waals surface area contributed by atoms with E-state index in [-0.39, 0.29) is 16.9 Å². The zero-order valence-corrected chi connectivity index (χ0v) is 11.2. The van der Waals surface area contributed by atoms with Crippen LogP contribution in [0.5, 0.6) is 5.75 Å². The van der Waals surface area contributed by atoms with Crippen LogP contribution in [0.1, 0.15) is 6.92 Å². The van der Waals surface area contributed by atoms with Gasteiger partial charge in [0.15, 0.2) is 0 Å². The van der Waals surface area contributed by atoms with E-state index in [1.807, 2.05) is 24.0 Å². The van der Waals surface area contributed by atoms with Gasteiger partial charge in [0.1, 0.15) is 5.75 Å². The summed E-state index contributed by atoms with van der Waals surface area (Å²) in [6.45, 7) is 4.53. The maximum absolute atomic E-state index is 12.2. The number of amides is 1. The summed E-state index contributed by atoms with van der Waals surface area (Å²) in [5.41, 5.74) is 0. The van der Waals surface area contributed by atoms with Gasteiger partial charge in [-0.25, -0.2) is 0 Å². The highest BCUT2D eigenvalue weighted by Crippen LogP contribution is 2.26. The number of morpholine rings is 1. The number of ether oxygens (including phenoxy) is 1. The van der Waals surface area contributed by atoms with E-state index in [9.17, 15) is 9.90 Å². The summed E-state index contributed by atoms with van der Waals surface area (Å²) in [5.74, 6) is 0.392. The molecule has 0 spiro atoms. The number of rotatable bonds is 3. The summed E-state index contributed by atoms with van der Waals surface area (Å²) in [6, 6.07) is 6.91. The fraction of sp³-hybridized carbons (Fsp3) is 0.462. The Balaban J connectivity index is 1.92. The molecule has 0 bridgehead atoms. The first-order valence-corrected chi connectivity index (χ1v) is 6.87. The number of hydrogen-bond acceptors (Lipinski definition) is 4. The van der Waals surface area contributed by atoms with Crippen LogP contribution in [-0.4, -0.2) is 47.5 Å². The second kappa shape index (κ2) is 6.11. The average molecular weight is 267 g/mol. The summed E-state index contributed by atoms with van der Waals surface area (Å²) in [7, 11) is 0. The van der Waals surface area contributed by atoms with Gasteiger partial charge in [-0.1, -0.05) is 0 Å². The number of hydrogen-bond donors (Lipinski definition) is 1. The zero-order valence-electron chi connectivity index (χ0n) is 10.3. The summed E-state index contributed by atoms with van der Waals surface area (Å²) in [5, 5.41) is 9.09. The van der Waals surface area contributed by atoms with Crippen LogP contribution in [-0.2, 0) is 9.53 Å². The first-order valence-electron chi connectivity index (χ1n) is 5.99. The Bertz CT molecular complexity index is 401. The molecule has 0 aromatic heterocycles. The molecule has 1 aromatic carbocycles. The van der Waals surface area contributed by atoms with Crippen molar-refractivity contribution in [1.82, 2.24) is 4.90 Å². The maximum atomic E-state index is 12.2. The first-order chi connectivity index (χ1) is 8.66. The van der Waals surface area contributed by atoms with Crippen molar-refractivity contribution in [3.8, 4) is 5.75 Å². The van der Waals surface area contributed by atoms with Crippen molar-refractivity contribution in [3.63, 3.8) is 0 Å². The molecule has 0 saturated carbocycles. The Kier molecular flexibility index (Phi) is 4.49. The highest BCUT2D eigenvalue weighted by atomic mass is 32.2. The molecule has 1 aromatic rings. The zero-order chi connectivity index (χ0) is 13.0. The molecule has 1 aliphatic rings. The molecule has 1 amide bonds. The number of nitrogens with zero attached hydrogens (tertiary/aromatic N) is 1. The molecular weight excluding hydrogens is 250 g/mol. The Labute approximate surface area is 111 Å². The fourth-order valence-corrected chi connectivity index (χ4v) is 2.77. The van der Waals surface area contributed by atoms with E-state index in [0.29, 0.717) is 26.3 Å². The van der Waals surface area contributed by atoms with Crippen LogP contribution in [0.4, 0.5) is 0 Å². The molecule has 1 unspecified atom stereocenters. The van der Waals surface area contributed by atoms with E-state index in [0.717, 1.165) is 4.90 Å². The van der Waals surface area contributed by atoms with E-state index in [4.69, 9.17) is 4.74 Å². The van der Waals surface area contributed by atoms with E-state index in [1.165, 1.54) is 11.8 Å². The molecule has 4 nitrogen and oxygen atoms in total. The topological polar surface area (TPSA) is 49.8 Å². The van der Waals surface area contributed by atoms with Gasteiger partial charge in [0.25, 0.3) is 0 Å². The van der Waals surface area contributed by atoms with E-state index >= 15 is 0 Å². The predicted octanol–water partition coefficient (Wildman–Crippen LogP) is 1.73. The Morgan fingerprint density at radius 3 is 2.56 bits per heavy atom. The molecule has 0 radical (unpaired) electrons. The Morgan fingerprint density at radius 1 is 1.33 bits per heavy atom. The van der Waals surface area contributed by atoms with Crippen LogP contribution >= 0.6 is 11.8 Å². The van der Waals surface area contributed by atoms with Crippen molar-refractivity contribution in [3.05, 3.63) is 24.3 Å². The molecule has 1 saturated heterocycles. The minimum Gasteiger partial charge on any atom is -0.508 e. The van der Waals surface area contributed by atoms with Gasteiger partial charge in [0, 0.05) is 18.0 Å². The third-order valence-electron chi connectivity index (χ3n) is 2.82. The molecule has 1 atom stereocenters. The van der Waals surface area contributed by atoms with Crippen LogP contribution in [0.2, 0.25) is 0 Å². The third-order valence-corrected chi connectivity index (χ3v) is 3.92. The lowest BCUT2D eigenvalue weighted by molar-refractivity contribution is -0.134. The highest BCUT2D eigenvalue weighted by Gasteiger charge is 2.22. The maximum Gasteiger partial charge on any atom is 0.235 e. The van der Waals surface area contributed by atoms with Gasteiger partial charge < -0.3 is 14.7 Å². The molecule has 0 aliphatic carbocycles. The number of aromatic hydroxyl groups is 1. The minimum atomic E-state index is -0.118. The number of phenolic OH excluding ortho intramolecular Hbond substituents is 1. The number of phenols is 1. The number of thioether (sulfide) groups is 1. The smallest absolute Gasteiger partial charge is 0.235 e. The Morgan fingerprint density at radius 2 is 1.94 bits per heavy atom. The van der Waals surface area contributed by atoms with Gasteiger partial charge in [-0.3, -0.25) is 4.79 Å². The van der Waals surface area contributed by atoms with Gasteiger partial charge in [-0.2, -0.15) is 0 Å². The minimum absolute atomic E-state index is 0.118. The molecule has 2 rings (SSSR count). The van der Waals surface area contributed by atoms with Crippen molar-refractivity contribution in [2.75, 3.05) is 26.3 Å². The van der Waals surface area contributed by atoms with E-state index in [2.05, 4.69) is 0 Å². The predicted molar refractivity (Wildman–Crippen MR) is 70.8 cm³/mol. The summed E-state index contributed by atoms with van der Waals surface area (Å²) >= 11 is 1.51. The molecule has 5 heteroatoms. The highest BCUT2D eigenvalue weighted by molar-refractivity contribution is 8.00. The van der Waals surface area contributed by atoms with Crippen molar-refractivity contribution < 1.29 is 14.6 Å². The molecule has 1 N–H and O–H groups in total. The number of carbonyl (C=O) groups is 1. The van der Waals surface area contributed by atoms with Crippen molar-refractivity contribution in [1.29, 1.82) is 0 Å². The molecule has 18 heavy (non-hydrogen) atoms. The lowest BCUT2D eigenvalue weighted by Crippen LogP contribution is -2.44. The van der Waals surface area contributed by atoms with Crippen LogP contribution in [0, 0.1) is 0 Å². The van der Waals surface area contributed by atoms with Crippen LogP contribution in [0.25, 0.3) is 0 Å². The van der Waals surface area contributed by atoms with Gasteiger partial charge in [0.05, 0.1) is 18.5 Å². The lowest BCUT2D eigenvalue weighted by atomic mass is 10.3. The monoisotopic (exact) mass is 267 g/mol. The SMILES string of the molecule is CC(Sc1ccc(O)cc1)C(=O)N1CCOCC1. The second-order valence-corrected chi connectivity index (χ2v) is 5.61. The van der Waals surface area contributed by atoms with Crippen molar-refractivity contribution in [2.45, 2.75) is 17.1 Å². The average Bonchev–Trinajstić information content (AvgIpc) is 2.41. The van der Waals surface area contributed by atoms with E-state index < -0.39 is 0 Å². The standard InChI is InChI=1S/C13H17NO3S/c1-10(13(16)14-6-8-17-9-7-14)18-12-4-2-11(15)3-5-12/h2-5,10,15H,6-9H2,1H3. The van der Waals surface area contributed by atoms with Gasteiger partial charge in [-0.05, 0) is 31.2 Å².